The first-order chi connectivity index (χ1) is 11.1. The topological polar surface area (TPSA) is 29.5 Å². The van der Waals surface area contributed by atoms with Gasteiger partial charge in [0.15, 0.2) is 6.61 Å². The zero-order chi connectivity index (χ0) is 16.2. The first kappa shape index (κ1) is 15.9. The van der Waals surface area contributed by atoms with Crippen LogP contribution in [0.15, 0.2) is 48.5 Å². The van der Waals surface area contributed by atoms with E-state index in [0.717, 1.165) is 19.3 Å². The summed E-state index contributed by atoms with van der Waals surface area (Å²) in [6.07, 6.45) is 3.19. The van der Waals surface area contributed by atoms with Crippen molar-refractivity contribution in [2.75, 3.05) is 13.7 Å². The highest BCUT2D eigenvalue weighted by Crippen LogP contribution is 2.33. The smallest absolute Gasteiger partial charge is 0.260 e. The number of halogens is 1. The van der Waals surface area contributed by atoms with E-state index in [2.05, 4.69) is 18.2 Å². The molecule has 1 amide bonds. The van der Waals surface area contributed by atoms with Gasteiger partial charge in [0.25, 0.3) is 5.91 Å². The second-order valence-electron chi connectivity index (χ2n) is 5.86. The lowest BCUT2D eigenvalue weighted by Gasteiger charge is -2.33. The van der Waals surface area contributed by atoms with Gasteiger partial charge in [-0.3, -0.25) is 4.79 Å². The Balaban J connectivity index is 1.66. The van der Waals surface area contributed by atoms with Crippen LogP contribution in [0.3, 0.4) is 0 Å². The number of likely N-dealkylation sites (N-methyl/N-ethyl adjacent to an activating group) is 1. The highest BCUT2D eigenvalue weighted by molar-refractivity contribution is 6.30. The summed E-state index contributed by atoms with van der Waals surface area (Å²) in [5, 5.41) is 0.601. The van der Waals surface area contributed by atoms with E-state index in [4.69, 9.17) is 16.3 Å². The molecule has 0 spiro atoms. The Bertz CT molecular complexity index is 701. The van der Waals surface area contributed by atoms with Gasteiger partial charge < -0.3 is 9.64 Å². The third-order valence-electron chi connectivity index (χ3n) is 4.36. The minimum atomic E-state index is -0.0216. The van der Waals surface area contributed by atoms with Crippen LogP contribution in [0.1, 0.15) is 30.0 Å². The van der Waals surface area contributed by atoms with E-state index in [1.807, 2.05) is 24.1 Å². The fourth-order valence-electron chi connectivity index (χ4n) is 3.11. The molecule has 2 aromatic rings. The number of aryl methyl sites for hydroxylation is 1. The molecule has 2 aromatic carbocycles. The average molecular weight is 330 g/mol. The van der Waals surface area contributed by atoms with Crippen molar-refractivity contribution in [3.05, 3.63) is 64.7 Å². The molecule has 1 atom stereocenters. The van der Waals surface area contributed by atoms with E-state index in [1.165, 1.54) is 11.1 Å². The van der Waals surface area contributed by atoms with Gasteiger partial charge in [0.1, 0.15) is 5.75 Å². The quantitative estimate of drug-likeness (QED) is 0.839. The summed E-state index contributed by atoms with van der Waals surface area (Å²) in [6.45, 7) is 0.0233. The zero-order valence-electron chi connectivity index (χ0n) is 13.2. The van der Waals surface area contributed by atoms with E-state index in [9.17, 15) is 4.79 Å². The van der Waals surface area contributed by atoms with Gasteiger partial charge in [0.2, 0.25) is 0 Å². The monoisotopic (exact) mass is 329 g/mol. The number of carbonyl (C=O) groups is 1. The Morgan fingerprint density at radius 2 is 2.09 bits per heavy atom. The van der Waals surface area contributed by atoms with Gasteiger partial charge in [-0.25, -0.2) is 0 Å². The molecule has 0 radical (unpaired) electrons. The molecule has 4 heteroatoms. The normalized spacial score (nSPS) is 16.5. The number of nitrogens with zero attached hydrogens (tertiary/aromatic N) is 1. The molecular weight excluding hydrogens is 310 g/mol. The lowest BCUT2D eigenvalue weighted by Crippen LogP contribution is -2.36. The van der Waals surface area contributed by atoms with Crippen molar-refractivity contribution in [2.24, 2.45) is 0 Å². The molecule has 0 N–H and O–H groups in total. The Kier molecular flexibility index (Phi) is 4.87. The van der Waals surface area contributed by atoms with Gasteiger partial charge in [-0.15, -0.1) is 0 Å². The predicted molar refractivity (Wildman–Crippen MR) is 91.8 cm³/mol. The summed E-state index contributed by atoms with van der Waals surface area (Å²) in [7, 11) is 1.86. The van der Waals surface area contributed by atoms with Crippen molar-refractivity contribution in [3.63, 3.8) is 0 Å². The molecular formula is C19H20ClNO2. The van der Waals surface area contributed by atoms with E-state index >= 15 is 0 Å². The molecule has 120 valence electrons. The number of hydrogen-bond donors (Lipinski definition) is 0. The van der Waals surface area contributed by atoms with Crippen LogP contribution >= 0.6 is 11.6 Å². The second-order valence-corrected chi connectivity index (χ2v) is 6.29. The number of amides is 1. The number of ether oxygens (including phenoxy) is 1. The van der Waals surface area contributed by atoms with Gasteiger partial charge in [0.05, 0.1) is 6.04 Å². The molecule has 1 aliphatic carbocycles. The van der Waals surface area contributed by atoms with Crippen molar-refractivity contribution in [2.45, 2.75) is 25.3 Å². The first-order valence-electron chi connectivity index (χ1n) is 7.87. The van der Waals surface area contributed by atoms with Crippen LogP contribution in [0.25, 0.3) is 0 Å². The molecule has 3 rings (SSSR count). The molecule has 0 bridgehead atoms. The van der Waals surface area contributed by atoms with Crippen molar-refractivity contribution in [1.82, 2.24) is 4.90 Å². The summed E-state index contributed by atoms with van der Waals surface area (Å²) in [5.41, 5.74) is 2.61. The van der Waals surface area contributed by atoms with Crippen LogP contribution in [0.5, 0.6) is 5.75 Å². The number of carbonyl (C=O) groups excluding carboxylic acids is 1. The maximum atomic E-state index is 12.5. The van der Waals surface area contributed by atoms with E-state index in [-0.39, 0.29) is 18.6 Å². The molecule has 0 aliphatic heterocycles. The van der Waals surface area contributed by atoms with Crippen molar-refractivity contribution >= 4 is 17.5 Å². The average Bonchev–Trinajstić information content (AvgIpc) is 2.58. The second kappa shape index (κ2) is 7.05. The fraction of sp³-hybridized carbons (Fsp3) is 0.316. The van der Waals surface area contributed by atoms with Crippen LogP contribution in [0.2, 0.25) is 5.02 Å². The lowest BCUT2D eigenvalue weighted by molar-refractivity contribution is -0.134. The molecule has 0 saturated heterocycles. The molecule has 3 nitrogen and oxygen atoms in total. The molecule has 0 aromatic heterocycles. The van der Waals surface area contributed by atoms with Crippen molar-refractivity contribution < 1.29 is 9.53 Å². The van der Waals surface area contributed by atoms with Crippen LogP contribution in [-0.2, 0) is 11.2 Å². The Hall–Kier alpha value is -2.00. The molecule has 0 fully saturated rings. The highest BCUT2D eigenvalue weighted by atomic mass is 35.5. The lowest BCUT2D eigenvalue weighted by atomic mass is 9.87. The van der Waals surface area contributed by atoms with Gasteiger partial charge in [-0.1, -0.05) is 41.9 Å². The van der Waals surface area contributed by atoms with Gasteiger partial charge in [-0.05, 0) is 48.6 Å². The maximum absolute atomic E-state index is 12.5. The number of benzene rings is 2. The molecule has 1 unspecified atom stereocenters. The third-order valence-corrected chi connectivity index (χ3v) is 4.59. The number of rotatable bonds is 4. The molecule has 0 heterocycles. The van der Waals surface area contributed by atoms with Gasteiger partial charge in [0, 0.05) is 12.1 Å². The van der Waals surface area contributed by atoms with Crippen LogP contribution < -0.4 is 4.74 Å². The molecule has 0 saturated carbocycles. The largest absolute Gasteiger partial charge is 0.484 e. The predicted octanol–water partition coefficient (Wildman–Crippen LogP) is 4.25. The molecule has 1 aliphatic rings. The summed E-state index contributed by atoms with van der Waals surface area (Å²) in [6, 6.07) is 15.6. The highest BCUT2D eigenvalue weighted by Gasteiger charge is 2.26. The van der Waals surface area contributed by atoms with E-state index in [0.29, 0.717) is 10.8 Å². The number of fused-ring (bicyclic) bond motifs is 1. The van der Waals surface area contributed by atoms with Gasteiger partial charge >= 0.3 is 0 Å². The maximum Gasteiger partial charge on any atom is 0.260 e. The Morgan fingerprint density at radius 3 is 2.91 bits per heavy atom. The number of hydrogen-bond acceptors (Lipinski definition) is 2. The van der Waals surface area contributed by atoms with E-state index in [1.54, 1.807) is 18.2 Å². The van der Waals surface area contributed by atoms with Crippen molar-refractivity contribution in [1.29, 1.82) is 0 Å². The van der Waals surface area contributed by atoms with Crippen LogP contribution in [0, 0.1) is 0 Å². The third kappa shape index (κ3) is 3.67. The zero-order valence-corrected chi connectivity index (χ0v) is 13.9. The minimum Gasteiger partial charge on any atom is -0.484 e. The van der Waals surface area contributed by atoms with Crippen LogP contribution in [-0.4, -0.2) is 24.5 Å². The first-order valence-corrected chi connectivity index (χ1v) is 8.25. The van der Waals surface area contributed by atoms with Gasteiger partial charge in [-0.2, -0.15) is 0 Å². The summed E-state index contributed by atoms with van der Waals surface area (Å²) in [4.78, 5) is 14.3. The minimum absolute atomic E-state index is 0.0216. The summed E-state index contributed by atoms with van der Waals surface area (Å²) in [5.74, 6) is 0.593. The van der Waals surface area contributed by atoms with Crippen LogP contribution in [0.4, 0.5) is 0 Å². The summed E-state index contributed by atoms with van der Waals surface area (Å²) >= 11 is 5.93. The Labute approximate surface area is 141 Å². The fourth-order valence-corrected chi connectivity index (χ4v) is 3.29. The Morgan fingerprint density at radius 1 is 1.26 bits per heavy atom. The standard InChI is InChI=1S/C19H20ClNO2/c1-21(18-11-4-7-14-6-2-3-10-17(14)18)19(22)13-23-16-9-5-8-15(20)12-16/h2-3,5-6,8-10,12,18H,4,7,11,13H2,1H3. The van der Waals surface area contributed by atoms with Crippen molar-refractivity contribution in [3.8, 4) is 5.75 Å². The van der Waals surface area contributed by atoms with E-state index < -0.39 is 0 Å². The summed E-state index contributed by atoms with van der Waals surface area (Å²) < 4.78 is 5.57. The SMILES string of the molecule is CN(C(=O)COc1cccc(Cl)c1)C1CCCc2ccccc21. The molecule has 23 heavy (non-hydrogen) atoms.